The Labute approximate surface area is 121 Å². The minimum absolute atomic E-state index is 0.00253. The minimum atomic E-state index is -0.176. The van der Waals surface area contributed by atoms with Crippen molar-refractivity contribution in [2.45, 2.75) is 58.4 Å². The zero-order valence-electron chi connectivity index (χ0n) is 13.3. The molecule has 20 heavy (non-hydrogen) atoms. The summed E-state index contributed by atoms with van der Waals surface area (Å²) in [5, 5.41) is 4.53. The van der Waals surface area contributed by atoms with E-state index in [2.05, 4.69) is 25.9 Å². The number of carbonyl (C=O) groups is 1. The fourth-order valence-corrected chi connectivity index (χ4v) is 2.24. The molecule has 0 saturated carbocycles. The molecule has 1 aromatic rings. The van der Waals surface area contributed by atoms with E-state index in [1.54, 1.807) is 0 Å². The molecule has 0 aliphatic heterocycles. The summed E-state index contributed by atoms with van der Waals surface area (Å²) in [5.41, 5.74) is 8.36. The van der Waals surface area contributed by atoms with Crippen LogP contribution >= 0.6 is 0 Å². The van der Waals surface area contributed by atoms with Crippen LogP contribution in [0.3, 0.4) is 0 Å². The maximum Gasteiger partial charge on any atom is 0.305 e. The number of nitrogens with zero attached hydrogens (tertiary/aromatic N) is 2. The van der Waals surface area contributed by atoms with Gasteiger partial charge in [-0.25, -0.2) is 0 Å². The van der Waals surface area contributed by atoms with Gasteiger partial charge >= 0.3 is 5.97 Å². The van der Waals surface area contributed by atoms with Crippen LogP contribution in [0.15, 0.2) is 6.20 Å². The van der Waals surface area contributed by atoms with Crippen molar-refractivity contribution in [3.05, 3.63) is 17.5 Å². The number of hydrogen-bond acceptors (Lipinski definition) is 4. The molecule has 0 bridgehead atoms. The van der Waals surface area contributed by atoms with Crippen LogP contribution in [0, 0.1) is 0 Å². The minimum Gasteiger partial charge on any atom is -0.466 e. The normalized spacial score (nSPS) is 13.3. The van der Waals surface area contributed by atoms with Crippen LogP contribution in [-0.2, 0) is 28.4 Å². The van der Waals surface area contributed by atoms with Gasteiger partial charge in [-0.05, 0) is 25.3 Å². The molecule has 1 rings (SSSR count). The second-order valence-electron chi connectivity index (χ2n) is 6.23. The standard InChI is InChI=1S/C15H27N3O2/c1-6-20-13(19)8-7-12(16)9-11-10-18(5)17-14(11)15(2,3)4/h10,12H,6-9,16H2,1-5H3. The fourth-order valence-electron chi connectivity index (χ4n) is 2.24. The highest BCUT2D eigenvalue weighted by Crippen LogP contribution is 2.25. The van der Waals surface area contributed by atoms with Gasteiger partial charge in [-0.15, -0.1) is 0 Å². The lowest BCUT2D eigenvalue weighted by atomic mass is 9.87. The van der Waals surface area contributed by atoms with E-state index in [-0.39, 0.29) is 17.4 Å². The third-order valence-electron chi connectivity index (χ3n) is 3.12. The SMILES string of the molecule is CCOC(=O)CCC(N)Cc1cn(C)nc1C(C)(C)C. The van der Waals surface area contributed by atoms with Gasteiger partial charge in [-0.2, -0.15) is 5.10 Å². The Bertz CT molecular complexity index is 446. The predicted molar refractivity (Wildman–Crippen MR) is 79.5 cm³/mol. The number of carbonyl (C=O) groups excluding carboxylic acids is 1. The van der Waals surface area contributed by atoms with Crippen LogP contribution in [0.2, 0.25) is 0 Å². The third-order valence-corrected chi connectivity index (χ3v) is 3.12. The van der Waals surface area contributed by atoms with E-state index in [1.807, 2.05) is 24.9 Å². The molecule has 2 N–H and O–H groups in total. The van der Waals surface area contributed by atoms with Crippen molar-refractivity contribution < 1.29 is 9.53 Å². The van der Waals surface area contributed by atoms with Crippen molar-refractivity contribution in [2.75, 3.05) is 6.61 Å². The summed E-state index contributed by atoms with van der Waals surface area (Å²) in [4.78, 5) is 11.3. The average Bonchev–Trinajstić information content (AvgIpc) is 2.68. The molecule has 0 amide bonds. The molecule has 5 heteroatoms. The van der Waals surface area contributed by atoms with Crippen LogP contribution in [0.25, 0.3) is 0 Å². The summed E-state index contributed by atoms with van der Waals surface area (Å²) in [6.45, 7) is 8.66. The van der Waals surface area contributed by atoms with Crippen LogP contribution < -0.4 is 5.73 Å². The Morgan fingerprint density at radius 3 is 2.70 bits per heavy atom. The van der Waals surface area contributed by atoms with Crippen molar-refractivity contribution in [3.63, 3.8) is 0 Å². The van der Waals surface area contributed by atoms with Crippen molar-refractivity contribution in [2.24, 2.45) is 12.8 Å². The zero-order valence-corrected chi connectivity index (χ0v) is 13.3. The Morgan fingerprint density at radius 1 is 1.50 bits per heavy atom. The zero-order chi connectivity index (χ0) is 15.3. The highest BCUT2D eigenvalue weighted by Gasteiger charge is 2.23. The van der Waals surface area contributed by atoms with Crippen molar-refractivity contribution >= 4 is 5.97 Å². The van der Waals surface area contributed by atoms with E-state index in [1.165, 1.54) is 0 Å². The van der Waals surface area contributed by atoms with Gasteiger partial charge in [0.15, 0.2) is 0 Å². The number of hydrogen-bond donors (Lipinski definition) is 1. The number of esters is 1. The molecule has 0 saturated heterocycles. The average molecular weight is 281 g/mol. The lowest BCUT2D eigenvalue weighted by molar-refractivity contribution is -0.143. The number of aryl methyl sites for hydroxylation is 1. The van der Waals surface area contributed by atoms with E-state index in [9.17, 15) is 4.79 Å². The Hall–Kier alpha value is -1.36. The van der Waals surface area contributed by atoms with Gasteiger partial charge in [0.05, 0.1) is 12.3 Å². The molecule has 1 unspecified atom stereocenters. The smallest absolute Gasteiger partial charge is 0.305 e. The molecule has 0 spiro atoms. The van der Waals surface area contributed by atoms with E-state index in [4.69, 9.17) is 10.5 Å². The monoisotopic (exact) mass is 281 g/mol. The molecule has 114 valence electrons. The number of nitrogens with two attached hydrogens (primary N) is 1. The first-order valence-electron chi connectivity index (χ1n) is 7.18. The highest BCUT2D eigenvalue weighted by atomic mass is 16.5. The van der Waals surface area contributed by atoms with Gasteiger partial charge < -0.3 is 10.5 Å². The second kappa shape index (κ2) is 6.88. The van der Waals surface area contributed by atoms with Crippen LogP contribution in [-0.4, -0.2) is 28.4 Å². The Kier molecular flexibility index (Phi) is 5.74. The molecule has 5 nitrogen and oxygen atoms in total. The molecular formula is C15H27N3O2. The first-order valence-corrected chi connectivity index (χ1v) is 7.18. The highest BCUT2D eigenvalue weighted by molar-refractivity contribution is 5.69. The number of ether oxygens (including phenoxy) is 1. The summed E-state index contributed by atoms with van der Waals surface area (Å²) in [5.74, 6) is -0.176. The molecule has 0 aliphatic rings. The maximum atomic E-state index is 11.3. The predicted octanol–water partition coefficient (Wildman–Crippen LogP) is 1.93. The van der Waals surface area contributed by atoms with Crippen LogP contribution in [0.5, 0.6) is 0 Å². The molecule has 0 aliphatic carbocycles. The molecule has 1 heterocycles. The molecule has 1 aromatic heterocycles. The van der Waals surface area contributed by atoms with Crippen molar-refractivity contribution in [1.82, 2.24) is 9.78 Å². The maximum absolute atomic E-state index is 11.3. The number of rotatable bonds is 6. The largest absolute Gasteiger partial charge is 0.466 e. The summed E-state index contributed by atoms with van der Waals surface area (Å²) < 4.78 is 6.74. The fraction of sp³-hybridized carbons (Fsp3) is 0.733. The van der Waals surface area contributed by atoms with Gasteiger partial charge in [0.2, 0.25) is 0 Å². The van der Waals surface area contributed by atoms with E-state index in [0.29, 0.717) is 19.4 Å². The second-order valence-corrected chi connectivity index (χ2v) is 6.23. The lowest BCUT2D eigenvalue weighted by Gasteiger charge is -2.19. The van der Waals surface area contributed by atoms with Crippen molar-refractivity contribution in [1.29, 1.82) is 0 Å². The molecule has 0 aromatic carbocycles. The van der Waals surface area contributed by atoms with E-state index >= 15 is 0 Å². The Balaban J connectivity index is 2.62. The first-order chi connectivity index (χ1) is 9.24. The quantitative estimate of drug-likeness (QED) is 0.809. The molecule has 1 atom stereocenters. The topological polar surface area (TPSA) is 70.1 Å². The van der Waals surface area contributed by atoms with E-state index < -0.39 is 0 Å². The molecule has 0 radical (unpaired) electrons. The van der Waals surface area contributed by atoms with Gasteiger partial charge in [0.1, 0.15) is 0 Å². The van der Waals surface area contributed by atoms with Crippen LogP contribution in [0.4, 0.5) is 0 Å². The van der Waals surface area contributed by atoms with Gasteiger partial charge in [0.25, 0.3) is 0 Å². The van der Waals surface area contributed by atoms with Gasteiger partial charge in [-0.3, -0.25) is 9.48 Å². The van der Waals surface area contributed by atoms with Crippen LogP contribution in [0.1, 0.15) is 51.8 Å². The first kappa shape index (κ1) is 16.7. The summed E-state index contributed by atoms with van der Waals surface area (Å²) in [7, 11) is 1.92. The summed E-state index contributed by atoms with van der Waals surface area (Å²) >= 11 is 0. The summed E-state index contributed by atoms with van der Waals surface area (Å²) in [6.07, 6.45) is 3.77. The summed E-state index contributed by atoms with van der Waals surface area (Å²) in [6, 6.07) is -0.0512. The van der Waals surface area contributed by atoms with Gasteiger partial charge in [-0.1, -0.05) is 20.8 Å². The Morgan fingerprint density at radius 2 is 2.15 bits per heavy atom. The third kappa shape index (κ3) is 4.96. The van der Waals surface area contributed by atoms with Crippen molar-refractivity contribution in [3.8, 4) is 0 Å². The van der Waals surface area contributed by atoms with Gasteiger partial charge in [0, 0.05) is 31.1 Å². The molecule has 0 fully saturated rings. The number of aromatic nitrogens is 2. The lowest BCUT2D eigenvalue weighted by Crippen LogP contribution is -2.26. The molecular weight excluding hydrogens is 254 g/mol. The van der Waals surface area contributed by atoms with E-state index in [0.717, 1.165) is 17.7 Å².